The summed E-state index contributed by atoms with van der Waals surface area (Å²) in [6.45, 7) is 5.80. The molecule has 2 aromatic carbocycles. The number of carbonyl (C=O) groups is 2. The standard InChI is InChI=1S/C25H26N4O3S2/c1-27-8-10-28(11-9-27)14-17-2-4-18(5-3-17)15-29-20-12-19(6-7-21(20)32-16-23(29)30)13-22-24(31)26-25(33)34-22/h2-7,12-13H,8-11,14-16H2,1H3,(H,26,31,33). The second kappa shape index (κ2) is 9.87. The van der Waals surface area contributed by atoms with E-state index >= 15 is 0 Å². The third-order valence-corrected chi connectivity index (χ3v) is 7.39. The van der Waals surface area contributed by atoms with Gasteiger partial charge in [-0.1, -0.05) is 54.3 Å². The number of anilines is 1. The highest BCUT2D eigenvalue weighted by molar-refractivity contribution is 8.26. The van der Waals surface area contributed by atoms with E-state index in [2.05, 4.69) is 46.4 Å². The number of ether oxygens (including phenoxy) is 1. The van der Waals surface area contributed by atoms with Gasteiger partial charge in [-0.15, -0.1) is 0 Å². The molecule has 3 heterocycles. The maximum Gasteiger partial charge on any atom is 0.265 e. The lowest BCUT2D eigenvalue weighted by molar-refractivity contribution is -0.121. The van der Waals surface area contributed by atoms with Crippen LogP contribution < -0.4 is 15.0 Å². The highest BCUT2D eigenvalue weighted by atomic mass is 32.2. The van der Waals surface area contributed by atoms with E-state index in [1.54, 1.807) is 11.0 Å². The van der Waals surface area contributed by atoms with E-state index < -0.39 is 0 Å². The van der Waals surface area contributed by atoms with Gasteiger partial charge in [0.05, 0.1) is 17.1 Å². The van der Waals surface area contributed by atoms with Crippen molar-refractivity contribution < 1.29 is 14.3 Å². The number of piperazine rings is 1. The molecular weight excluding hydrogens is 468 g/mol. The summed E-state index contributed by atoms with van der Waals surface area (Å²) in [6, 6.07) is 14.1. The first kappa shape index (κ1) is 23.0. The van der Waals surface area contributed by atoms with E-state index in [0.29, 0.717) is 27.2 Å². The zero-order valence-corrected chi connectivity index (χ0v) is 20.6. The van der Waals surface area contributed by atoms with Crippen molar-refractivity contribution in [3.8, 4) is 5.75 Å². The number of fused-ring (bicyclic) bond motifs is 1. The summed E-state index contributed by atoms with van der Waals surface area (Å²) in [5.41, 5.74) is 3.86. The maximum atomic E-state index is 12.8. The van der Waals surface area contributed by atoms with E-state index in [9.17, 15) is 9.59 Å². The molecule has 0 unspecified atom stereocenters. The van der Waals surface area contributed by atoms with Crippen LogP contribution in [0.4, 0.5) is 5.69 Å². The molecule has 2 fully saturated rings. The lowest BCUT2D eigenvalue weighted by atomic mass is 10.1. The molecule has 0 aliphatic carbocycles. The van der Waals surface area contributed by atoms with Gasteiger partial charge < -0.3 is 19.9 Å². The Labute approximate surface area is 208 Å². The first-order valence-corrected chi connectivity index (χ1v) is 12.5. The molecule has 7 nitrogen and oxygen atoms in total. The summed E-state index contributed by atoms with van der Waals surface area (Å²) in [5, 5.41) is 2.62. The Morgan fingerprint density at radius 1 is 1.03 bits per heavy atom. The zero-order valence-electron chi connectivity index (χ0n) is 19.0. The Hall–Kier alpha value is -2.72. The number of nitrogens with zero attached hydrogens (tertiary/aromatic N) is 3. The number of amides is 2. The molecule has 0 saturated carbocycles. The SMILES string of the molecule is CN1CCN(Cc2ccc(CN3C(=O)COc4ccc(C=C5SC(=S)NC5=O)cc43)cc2)CC1. The monoisotopic (exact) mass is 494 g/mol. The Balaban J connectivity index is 1.31. The number of nitrogens with one attached hydrogen (secondary N) is 1. The average Bonchev–Trinajstić information content (AvgIpc) is 3.15. The fourth-order valence-electron chi connectivity index (χ4n) is 4.25. The van der Waals surface area contributed by atoms with Crippen LogP contribution in [0.2, 0.25) is 0 Å². The average molecular weight is 495 g/mol. The third kappa shape index (κ3) is 5.17. The predicted molar refractivity (Wildman–Crippen MR) is 139 cm³/mol. The van der Waals surface area contributed by atoms with Crippen LogP contribution in [-0.4, -0.2) is 65.8 Å². The minimum Gasteiger partial charge on any atom is -0.482 e. The van der Waals surface area contributed by atoms with Gasteiger partial charge in [0, 0.05) is 32.7 Å². The van der Waals surface area contributed by atoms with Gasteiger partial charge in [-0.25, -0.2) is 0 Å². The molecule has 2 saturated heterocycles. The van der Waals surface area contributed by atoms with Crippen molar-refractivity contribution in [1.82, 2.24) is 15.1 Å². The molecule has 3 aliphatic heterocycles. The molecule has 0 radical (unpaired) electrons. The molecule has 1 N–H and O–H groups in total. The van der Waals surface area contributed by atoms with Gasteiger partial charge in [0.1, 0.15) is 10.1 Å². The Morgan fingerprint density at radius 2 is 1.74 bits per heavy atom. The number of benzene rings is 2. The smallest absolute Gasteiger partial charge is 0.265 e. The van der Waals surface area contributed by atoms with Gasteiger partial charge in [-0.2, -0.15) is 0 Å². The van der Waals surface area contributed by atoms with Crippen LogP contribution in [-0.2, 0) is 22.7 Å². The fraction of sp³-hybridized carbons (Fsp3) is 0.320. The Kier molecular flexibility index (Phi) is 6.69. The van der Waals surface area contributed by atoms with Gasteiger partial charge >= 0.3 is 0 Å². The maximum absolute atomic E-state index is 12.8. The number of likely N-dealkylation sites (N-methyl/N-ethyl adjacent to an activating group) is 1. The van der Waals surface area contributed by atoms with E-state index in [-0.39, 0.29) is 18.4 Å². The second-order valence-electron chi connectivity index (χ2n) is 8.74. The Morgan fingerprint density at radius 3 is 2.41 bits per heavy atom. The first-order valence-electron chi connectivity index (χ1n) is 11.3. The molecule has 0 bridgehead atoms. The van der Waals surface area contributed by atoms with Crippen LogP contribution in [0.3, 0.4) is 0 Å². The van der Waals surface area contributed by atoms with Crippen molar-refractivity contribution in [2.45, 2.75) is 13.1 Å². The van der Waals surface area contributed by atoms with Crippen LogP contribution in [0.1, 0.15) is 16.7 Å². The van der Waals surface area contributed by atoms with Gasteiger partial charge in [-0.3, -0.25) is 14.5 Å². The van der Waals surface area contributed by atoms with Gasteiger partial charge in [0.2, 0.25) is 0 Å². The van der Waals surface area contributed by atoms with Gasteiger partial charge in [0.25, 0.3) is 11.8 Å². The lowest BCUT2D eigenvalue weighted by Crippen LogP contribution is -2.43. The van der Waals surface area contributed by atoms with Crippen LogP contribution >= 0.6 is 24.0 Å². The van der Waals surface area contributed by atoms with E-state index in [1.807, 2.05) is 18.2 Å². The molecule has 34 heavy (non-hydrogen) atoms. The summed E-state index contributed by atoms with van der Waals surface area (Å²) in [6.07, 6.45) is 1.78. The number of rotatable bonds is 5. The minimum atomic E-state index is -0.200. The molecule has 176 valence electrons. The van der Waals surface area contributed by atoms with Crippen LogP contribution in [0.5, 0.6) is 5.75 Å². The molecule has 0 atom stereocenters. The fourth-order valence-corrected chi connectivity index (χ4v) is 5.30. The highest BCUT2D eigenvalue weighted by Crippen LogP contribution is 2.35. The predicted octanol–water partition coefficient (Wildman–Crippen LogP) is 2.85. The van der Waals surface area contributed by atoms with E-state index in [1.165, 1.54) is 17.3 Å². The van der Waals surface area contributed by atoms with Crippen molar-refractivity contribution in [1.29, 1.82) is 0 Å². The molecule has 0 spiro atoms. The van der Waals surface area contributed by atoms with Crippen LogP contribution in [0.25, 0.3) is 6.08 Å². The zero-order chi connectivity index (χ0) is 23.7. The molecule has 9 heteroatoms. The van der Waals surface area contributed by atoms with Crippen LogP contribution in [0.15, 0.2) is 47.4 Å². The largest absolute Gasteiger partial charge is 0.482 e. The number of hydrogen-bond donors (Lipinski definition) is 1. The number of hydrogen-bond acceptors (Lipinski definition) is 7. The van der Waals surface area contributed by atoms with E-state index in [4.69, 9.17) is 17.0 Å². The molecule has 3 aliphatic rings. The molecule has 5 rings (SSSR count). The normalized spacial score (nSPS) is 20.4. The number of thiocarbonyl (C=S) groups is 1. The highest BCUT2D eigenvalue weighted by Gasteiger charge is 2.27. The summed E-state index contributed by atoms with van der Waals surface area (Å²) >= 11 is 6.30. The number of carbonyl (C=O) groups excluding carboxylic acids is 2. The number of thioether (sulfide) groups is 1. The second-order valence-corrected chi connectivity index (χ2v) is 10.5. The van der Waals surface area contributed by atoms with Crippen molar-refractivity contribution in [2.75, 3.05) is 44.7 Å². The van der Waals surface area contributed by atoms with Crippen LogP contribution in [0, 0.1) is 0 Å². The molecule has 2 aromatic rings. The summed E-state index contributed by atoms with van der Waals surface area (Å²) in [4.78, 5) is 31.9. The molecular formula is C25H26N4O3S2. The minimum absolute atomic E-state index is 0.0153. The topological polar surface area (TPSA) is 65.1 Å². The summed E-state index contributed by atoms with van der Waals surface area (Å²) < 4.78 is 6.10. The van der Waals surface area contributed by atoms with Gasteiger partial charge in [0.15, 0.2) is 6.61 Å². The Bertz CT molecular complexity index is 1160. The molecule has 0 aromatic heterocycles. The quantitative estimate of drug-likeness (QED) is 0.507. The van der Waals surface area contributed by atoms with Crippen molar-refractivity contribution in [2.24, 2.45) is 0 Å². The summed E-state index contributed by atoms with van der Waals surface area (Å²) in [7, 11) is 2.16. The first-order chi connectivity index (χ1) is 16.4. The molecule has 2 amide bonds. The van der Waals surface area contributed by atoms with Gasteiger partial charge in [-0.05, 0) is 41.9 Å². The third-order valence-electron chi connectivity index (χ3n) is 6.23. The van der Waals surface area contributed by atoms with Crippen molar-refractivity contribution >= 4 is 51.9 Å². The van der Waals surface area contributed by atoms with Crippen molar-refractivity contribution in [3.05, 3.63) is 64.1 Å². The lowest BCUT2D eigenvalue weighted by Gasteiger charge is -2.32. The van der Waals surface area contributed by atoms with E-state index in [0.717, 1.165) is 43.9 Å². The van der Waals surface area contributed by atoms with Crippen molar-refractivity contribution in [3.63, 3.8) is 0 Å². The summed E-state index contributed by atoms with van der Waals surface area (Å²) in [5.74, 6) is 0.369.